The lowest BCUT2D eigenvalue weighted by Crippen LogP contribution is -2.00. The fraction of sp³-hybridized carbons (Fsp3) is 0.346. The second-order valence-electron chi connectivity index (χ2n) is 8.07. The van der Waals surface area contributed by atoms with Crippen LogP contribution in [0.5, 0.6) is 5.75 Å². The average molecular weight is 402 g/mol. The Morgan fingerprint density at radius 2 is 1.90 bits per heavy atom. The molecule has 0 saturated carbocycles. The first-order valence-corrected chi connectivity index (χ1v) is 10.9. The zero-order valence-corrected chi connectivity index (χ0v) is 18.2. The van der Waals surface area contributed by atoms with Crippen LogP contribution in [0.3, 0.4) is 0 Å². The fourth-order valence-electron chi connectivity index (χ4n) is 4.17. The van der Waals surface area contributed by atoms with Crippen LogP contribution in [0.4, 0.5) is 0 Å². The number of aromatic nitrogens is 2. The summed E-state index contributed by atoms with van der Waals surface area (Å²) in [7, 11) is 1.72. The number of benzene rings is 2. The summed E-state index contributed by atoms with van der Waals surface area (Å²) in [6.07, 6.45) is 4.20. The number of ether oxygens (including phenoxy) is 1. The maximum absolute atomic E-state index is 5.78. The van der Waals surface area contributed by atoms with Crippen molar-refractivity contribution in [3.05, 3.63) is 59.7 Å². The highest BCUT2D eigenvalue weighted by Crippen LogP contribution is 2.36. The monoisotopic (exact) mass is 401 g/mol. The molecule has 0 amide bonds. The molecular formula is C26H31N3O. The highest BCUT2D eigenvalue weighted by molar-refractivity contribution is 5.93. The highest BCUT2D eigenvalue weighted by Gasteiger charge is 2.17. The molecular weight excluding hydrogens is 370 g/mol. The SMILES string of the molecule is CCC(C)c1ccc2[nH]c(-c3cc(OC)c4ccccc4n3)c(CCCCN)c2c1. The molecule has 1 atom stereocenters. The number of pyridine rings is 1. The highest BCUT2D eigenvalue weighted by atomic mass is 16.5. The Morgan fingerprint density at radius 3 is 2.67 bits per heavy atom. The van der Waals surface area contributed by atoms with Gasteiger partial charge in [-0.2, -0.15) is 0 Å². The smallest absolute Gasteiger partial charge is 0.130 e. The minimum absolute atomic E-state index is 0.545. The van der Waals surface area contributed by atoms with Crippen molar-refractivity contribution in [2.24, 2.45) is 5.73 Å². The number of rotatable bonds is 8. The number of aryl methyl sites for hydroxylation is 1. The minimum atomic E-state index is 0.545. The third kappa shape index (κ3) is 3.80. The number of methoxy groups -OCH3 is 1. The number of H-pyrrole nitrogens is 1. The molecule has 0 aliphatic carbocycles. The maximum atomic E-state index is 5.78. The summed E-state index contributed by atoms with van der Waals surface area (Å²) in [5, 5.41) is 2.33. The molecule has 4 heteroatoms. The topological polar surface area (TPSA) is 63.9 Å². The van der Waals surface area contributed by atoms with Crippen LogP contribution in [0.2, 0.25) is 0 Å². The molecule has 0 aliphatic rings. The summed E-state index contributed by atoms with van der Waals surface area (Å²) in [6.45, 7) is 5.25. The molecule has 4 nitrogen and oxygen atoms in total. The summed E-state index contributed by atoms with van der Waals surface area (Å²) in [6, 6.07) is 17.0. The Morgan fingerprint density at radius 1 is 1.07 bits per heavy atom. The van der Waals surface area contributed by atoms with Gasteiger partial charge in [0.25, 0.3) is 0 Å². The summed E-state index contributed by atoms with van der Waals surface area (Å²) in [4.78, 5) is 8.63. The normalized spacial score (nSPS) is 12.5. The molecule has 0 fully saturated rings. The van der Waals surface area contributed by atoms with E-state index in [1.165, 1.54) is 16.5 Å². The van der Waals surface area contributed by atoms with Crippen molar-refractivity contribution in [2.75, 3.05) is 13.7 Å². The predicted octanol–water partition coefficient (Wildman–Crippen LogP) is 6.19. The lowest BCUT2D eigenvalue weighted by Gasteiger charge is -2.11. The third-order valence-electron chi connectivity index (χ3n) is 6.15. The number of fused-ring (bicyclic) bond motifs is 2. The number of nitrogens with two attached hydrogens (primary N) is 1. The Bertz CT molecular complexity index is 1160. The van der Waals surface area contributed by atoms with E-state index in [0.29, 0.717) is 5.92 Å². The molecule has 2 aromatic heterocycles. The molecule has 4 rings (SSSR count). The van der Waals surface area contributed by atoms with Crippen LogP contribution in [0.15, 0.2) is 48.5 Å². The van der Waals surface area contributed by atoms with Crippen LogP contribution in [-0.2, 0) is 6.42 Å². The number of nitrogens with zero attached hydrogens (tertiary/aromatic N) is 1. The Kier molecular flexibility index (Phi) is 6.05. The summed E-state index contributed by atoms with van der Waals surface area (Å²) < 4.78 is 5.70. The second-order valence-corrected chi connectivity index (χ2v) is 8.07. The number of hydrogen-bond acceptors (Lipinski definition) is 3. The molecule has 156 valence electrons. The molecule has 0 bridgehead atoms. The molecule has 1 unspecified atom stereocenters. The van der Waals surface area contributed by atoms with Gasteiger partial charge in [0.15, 0.2) is 0 Å². The van der Waals surface area contributed by atoms with Crippen LogP contribution in [0.25, 0.3) is 33.2 Å². The third-order valence-corrected chi connectivity index (χ3v) is 6.15. The molecule has 4 aromatic rings. The molecule has 2 heterocycles. The minimum Gasteiger partial charge on any atom is -0.496 e. The van der Waals surface area contributed by atoms with Crippen molar-refractivity contribution in [1.29, 1.82) is 0 Å². The molecule has 30 heavy (non-hydrogen) atoms. The molecule has 0 aliphatic heterocycles. The van der Waals surface area contributed by atoms with Crippen molar-refractivity contribution >= 4 is 21.8 Å². The zero-order chi connectivity index (χ0) is 21.1. The van der Waals surface area contributed by atoms with Crippen LogP contribution in [0.1, 0.15) is 50.2 Å². The molecule has 2 aromatic carbocycles. The average Bonchev–Trinajstić information content (AvgIpc) is 3.15. The predicted molar refractivity (Wildman–Crippen MR) is 126 cm³/mol. The van der Waals surface area contributed by atoms with Crippen LogP contribution in [-0.4, -0.2) is 23.6 Å². The van der Waals surface area contributed by atoms with Crippen molar-refractivity contribution in [2.45, 2.75) is 45.4 Å². The van der Waals surface area contributed by atoms with Gasteiger partial charge in [-0.25, -0.2) is 4.98 Å². The number of unbranched alkanes of at least 4 members (excludes halogenated alkanes) is 1. The van der Waals surface area contributed by atoms with Gasteiger partial charge in [-0.15, -0.1) is 0 Å². The van der Waals surface area contributed by atoms with Crippen molar-refractivity contribution in [1.82, 2.24) is 9.97 Å². The molecule has 0 saturated heterocycles. The fourth-order valence-corrected chi connectivity index (χ4v) is 4.17. The van der Waals surface area contributed by atoms with E-state index in [1.54, 1.807) is 7.11 Å². The van der Waals surface area contributed by atoms with E-state index in [1.807, 2.05) is 18.2 Å². The van der Waals surface area contributed by atoms with Gasteiger partial charge in [-0.1, -0.05) is 32.0 Å². The van der Waals surface area contributed by atoms with Crippen molar-refractivity contribution in [3.63, 3.8) is 0 Å². The van der Waals surface area contributed by atoms with Gasteiger partial charge in [-0.3, -0.25) is 0 Å². The number of aromatic amines is 1. The van der Waals surface area contributed by atoms with Gasteiger partial charge in [0.1, 0.15) is 5.75 Å². The maximum Gasteiger partial charge on any atom is 0.130 e. The quantitative estimate of drug-likeness (QED) is 0.346. The van der Waals surface area contributed by atoms with Crippen molar-refractivity contribution in [3.8, 4) is 17.1 Å². The molecule has 3 N–H and O–H groups in total. The molecule has 0 spiro atoms. The van der Waals surface area contributed by atoms with Gasteiger partial charge in [0, 0.05) is 22.4 Å². The van der Waals surface area contributed by atoms with Crippen LogP contribution < -0.4 is 10.5 Å². The van der Waals surface area contributed by atoms with E-state index in [-0.39, 0.29) is 0 Å². The van der Waals surface area contributed by atoms with Gasteiger partial charge in [-0.05, 0) is 73.5 Å². The van der Waals surface area contributed by atoms with Crippen LogP contribution in [0, 0.1) is 0 Å². The Labute approximate surface area is 178 Å². The standard InChI is InChI=1S/C26H31N3O/c1-4-17(2)18-12-13-23-21(15-18)19(9-7-8-14-27)26(29-23)24-16-25(30-3)20-10-5-6-11-22(20)28-24/h5-6,10-13,15-17,29H,4,7-9,14,27H2,1-3H3. The Balaban J connectivity index is 1.91. The van der Waals surface area contributed by atoms with Gasteiger partial charge < -0.3 is 15.5 Å². The largest absolute Gasteiger partial charge is 0.496 e. The van der Waals surface area contributed by atoms with E-state index < -0.39 is 0 Å². The van der Waals surface area contributed by atoms with Gasteiger partial charge in [0.2, 0.25) is 0 Å². The van der Waals surface area contributed by atoms with E-state index in [0.717, 1.165) is 65.8 Å². The second kappa shape index (κ2) is 8.88. The first-order valence-electron chi connectivity index (χ1n) is 10.9. The summed E-state index contributed by atoms with van der Waals surface area (Å²) in [5.74, 6) is 1.39. The van der Waals surface area contributed by atoms with Crippen LogP contribution >= 0.6 is 0 Å². The first-order chi connectivity index (χ1) is 14.7. The first kappa shape index (κ1) is 20.4. The molecule has 0 radical (unpaired) electrons. The van der Waals surface area contributed by atoms with Gasteiger partial charge in [0.05, 0.1) is 24.0 Å². The van der Waals surface area contributed by atoms with Gasteiger partial charge >= 0.3 is 0 Å². The lowest BCUT2D eigenvalue weighted by atomic mass is 9.95. The zero-order valence-electron chi connectivity index (χ0n) is 18.2. The number of para-hydroxylation sites is 1. The van der Waals surface area contributed by atoms with Crippen molar-refractivity contribution < 1.29 is 4.74 Å². The summed E-state index contributed by atoms with van der Waals surface area (Å²) >= 11 is 0. The van der Waals surface area contributed by atoms with E-state index in [9.17, 15) is 0 Å². The van der Waals surface area contributed by atoms with E-state index in [2.05, 4.69) is 49.2 Å². The Hall–Kier alpha value is -2.85. The lowest BCUT2D eigenvalue weighted by molar-refractivity contribution is 0.419. The number of nitrogens with one attached hydrogen (secondary N) is 1. The summed E-state index contributed by atoms with van der Waals surface area (Å²) in [5.41, 5.74) is 12.6. The number of hydrogen-bond donors (Lipinski definition) is 2. The van der Waals surface area contributed by atoms with E-state index >= 15 is 0 Å². The van der Waals surface area contributed by atoms with E-state index in [4.69, 9.17) is 15.5 Å².